The highest BCUT2D eigenvalue weighted by Gasteiger charge is 2.29. The summed E-state index contributed by atoms with van der Waals surface area (Å²) in [7, 11) is -3.85. The highest BCUT2D eigenvalue weighted by Crippen LogP contribution is 2.50. The molecule has 1 aliphatic heterocycles. The van der Waals surface area contributed by atoms with Crippen LogP contribution in [0.1, 0.15) is 25.7 Å². The number of halogens is 1. The Hall–Kier alpha value is 0.440. The monoisotopic (exact) mass is 256 g/mol. The van der Waals surface area contributed by atoms with Crippen LogP contribution in [0.2, 0.25) is 0 Å². The van der Waals surface area contributed by atoms with E-state index in [9.17, 15) is 14.0 Å². The largest absolute Gasteiger partial charge is 0.182 e. The fraction of sp³-hybridized carbons (Fsp3) is 0.571. The molecule has 1 heterocycles. The minimum atomic E-state index is -4.30. The molecule has 0 aromatic rings. The summed E-state index contributed by atoms with van der Waals surface area (Å²) in [6, 6.07) is 0. The van der Waals surface area contributed by atoms with E-state index in [-0.39, 0.29) is 0 Å². The van der Waals surface area contributed by atoms with Crippen LogP contribution in [0.4, 0.5) is 0 Å². The van der Waals surface area contributed by atoms with Crippen LogP contribution in [0.15, 0.2) is 10.5 Å². The van der Waals surface area contributed by atoms with Crippen molar-refractivity contribution in [3.63, 3.8) is 0 Å². The van der Waals surface area contributed by atoms with Crippen molar-refractivity contribution in [2.45, 2.75) is 25.7 Å². The van der Waals surface area contributed by atoms with Crippen LogP contribution >= 0.6 is 20.6 Å². The molecule has 0 N–H and O–H groups in total. The Balaban J connectivity index is 2.01. The molecule has 0 aromatic heterocycles. The molecule has 0 saturated carbocycles. The third kappa shape index (κ3) is 2.73. The van der Waals surface area contributed by atoms with Crippen molar-refractivity contribution >= 4 is 26.0 Å². The number of hydrogen-bond acceptors (Lipinski definition) is 5. The lowest BCUT2D eigenvalue weighted by atomic mass is 10.0. The molecule has 4 nitrogen and oxygen atoms in total. The first-order chi connectivity index (χ1) is 6.54. The van der Waals surface area contributed by atoms with Crippen molar-refractivity contribution in [1.29, 1.82) is 0 Å². The van der Waals surface area contributed by atoms with Crippen LogP contribution < -0.4 is 14.0 Å². The summed E-state index contributed by atoms with van der Waals surface area (Å²) in [5, 5.41) is 1.77. The molecule has 0 aromatic carbocycles. The molecule has 0 bridgehead atoms. The highest BCUT2D eigenvalue weighted by molar-refractivity contribution is 8.83. The molecular formula is C7H9ClO4S2. The van der Waals surface area contributed by atoms with Crippen molar-refractivity contribution < 1.29 is 28.0 Å². The minimum Gasteiger partial charge on any atom is -0.182 e. The predicted octanol–water partition coefficient (Wildman–Crippen LogP) is -0.624. The van der Waals surface area contributed by atoms with Crippen molar-refractivity contribution in [2.75, 3.05) is 0 Å². The van der Waals surface area contributed by atoms with Gasteiger partial charge in [-0.1, -0.05) is 0 Å². The maximum absolute atomic E-state index is 10.3. The number of allylic oxidation sites excluding steroid dienone is 2. The van der Waals surface area contributed by atoms with Crippen molar-refractivity contribution in [3.8, 4) is 0 Å². The molecule has 80 valence electrons. The smallest absolute Gasteiger partial charge is 0.172 e. The zero-order valence-electron chi connectivity index (χ0n) is 7.23. The average Bonchev–Trinajstić information content (AvgIpc) is 2.42. The molecular weight excluding hydrogens is 248 g/mol. The van der Waals surface area contributed by atoms with E-state index in [0.29, 0.717) is 0 Å². The Morgan fingerprint density at radius 2 is 2.00 bits per heavy atom. The third-order valence-electron chi connectivity index (χ3n) is 2.02. The molecule has 7 heteroatoms. The lowest BCUT2D eigenvalue weighted by molar-refractivity contribution is -1.91. The van der Waals surface area contributed by atoms with Crippen LogP contribution in [0.25, 0.3) is 0 Å². The van der Waals surface area contributed by atoms with Gasteiger partial charge in [0.1, 0.15) is 3.74 Å². The first-order valence-corrected chi connectivity index (χ1v) is 7.92. The van der Waals surface area contributed by atoms with Crippen LogP contribution in [0.3, 0.4) is 0 Å². The molecule has 1 unspecified atom stereocenters. The van der Waals surface area contributed by atoms with Crippen LogP contribution in [0.5, 0.6) is 0 Å². The molecule has 2 aliphatic rings. The van der Waals surface area contributed by atoms with Gasteiger partial charge in [0.05, 0.1) is 10.2 Å². The molecule has 0 saturated heterocycles. The maximum atomic E-state index is 10.3. The predicted molar refractivity (Wildman–Crippen MR) is 47.8 cm³/mol. The van der Waals surface area contributed by atoms with Gasteiger partial charge in [-0.3, -0.25) is 0 Å². The summed E-state index contributed by atoms with van der Waals surface area (Å²) in [4.78, 5) is 1.19. The van der Waals surface area contributed by atoms with Gasteiger partial charge in [0, 0.05) is 10.3 Å². The van der Waals surface area contributed by atoms with Gasteiger partial charge < -0.3 is 0 Å². The zero-order valence-corrected chi connectivity index (χ0v) is 9.62. The summed E-state index contributed by atoms with van der Waals surface area (Å²) in [5.41, 5.74) is 1.17. The molecule has 0 fully saturated rings. The van der Waals surface area contributed by atoms with E-state index in [1.165, 1.54) is 21.3 Å². The van der Waals surface area contributed by atoms with Gasteiger partial charge in [-0.15, -0.1) is 0 Å². The minimum absolute atomic E-state index is 0.912. The van der Waals surface area contributed by atoms with Crippen LogP contribution in [-0.2, 0) is 3.74 Å². The second kappa shape index (κ2) is 4.13. The second-order valence-electron chi connectivity index (χ2n) is 3.06. The van der Waals surface area contributed by atoms with Crippen molar-refractivity contribution in [1.82, 2.24) is 0 Å². The fourth-order valence-electron chi connectivity index (χ4n) is 1.47. The summed E-state index contributed by atoms with van der Waals surface area (Å²) in [5.74, 6) is 0. The normalized spacial score (nSPS) is 27.5. The average molecular weight is 257 g/mol. The number of rotatable bonds is 2. The standard InChI is InChI=1S/C7H9ClO4S2/c9-8(10,11)12-14-5-6-3-1-2-4-7(6)13-14/h5H,1-4H2. The van der Waals surface area contributed by atoms with Gasteiger partial charge in [-0.05, 0) is 42.1 Å². The van der Waals surface area contributed by atoms with Gasteiger partial charge in [0.15, 0.2) is 9.80 Å². The zero-order chi connectivity index (χ0) is 10.2. The van der Waals surface area contributed by atoms with E-state index < -0.39 is 20.0 Å². The van der Waals surface area contributed by atoms with E-state index in [1.807, 2.05) is 0 Å². The van der Waals surface area contributed by atoms with Gasteiger partial charge >= 0.3 is 0 Å². The van der Waals surface area contributed by atoms with Crippen molar-refractivity contribution in [2.24, 2.45) is 0 Å². The molecule has 1 aliphatic carbocycles. The van der Waals surface area contributed by atoms with E-state index in [0.717, 1.165) is 25.7 Å². The second-order valence-corrected chi connectivity index (χ2v) is 7.22. The Morgan fingerprint density at radius 1 is 1.29 bits per heavy atom. The lowest BCUT2D eigenvalue weighted by Gasteiger charge is -2.12. The highest BCUT2D eigenvalue weighted by atomic mass is 35.7. The topological polar surface area (TPSA) is 78.4 Å². The van der Waals surface area contributed by atoms with Crippen molar-refractivity contribution in [3.05, 3.63) is 10.5 Å². The Kier molecular flexibility index (Phi) is 3.23. The quantitative estimate of drug-likeness (QED) is 0.486. The summed E-state index contributed by atoms with van der Waals surface area (Å²) < 4.78 is 35.4. The first-order valence-electron chi connectivity index (χ1n) is 4.14. The third-order valence-corrected chi connectivity index (χ3v) is 6.29. The van der Waals surface area contributed by atoms with E-state index in [1.54, 1.807) is 5.37 Å². The molecule has 14 heavy (non-hydrogen) atoms. The molecule has 0 amide bonds. The summed E-state index contributed by atoms with van der Waals surface area (Å²) in [6.07, 6.45) is 4.23. The van der Waals surface area contributed by atoms with Gasteiger partial charge in [-0.2, -0.15) is 14.0 Å². The SMILES string of the molecule is [O-][Cl+3]([O-])([O-])OS1=CC2=C(CCCC2)S1. The lowest BCUT2D eigenvalue weighted by Crippen LogP contribution is -2.59. The first kappa shape index (κ1) is 10.9. The maximum Gasteiger partial charge on any atom is 0.172 e. The molecule has 0 spiro atoms. The number of hydrogen-bond donors (Lipinski definition) is 0. The van der Waals surface area contributed by atoms with Gasteiger partial charge in [0.2, 0.25) is 0 Å². The van der Waals surface area contributed by atoms with Gasteiger partial charge in [0.25, 0.3) is 0 Å². The fourth-order valence-corrected chi connectivity index (χ4v) is 6.09. The van der Waals surface area contributed by atoms with E-state index in [4.69, 9.17) is 0 Å². The van der Waals surface area contributed by atoms with E-state index >= 15 is 0 Å². The van der Waals surface area contributed by atoms with Gasteiger partial charge in [-0.25, -0.2) is 0 Å². The Bertz CT molecular complexity index is 307. The Morgan fingerprint density at radius 3 is 2.64 bits per heavy atom. The molecule has 2 rings (SSSR count). The van der Waals surface area contributed by atoms with Crippen LogP contribution in [0, 0.1) is 10.2 Å². The molecule has 0 radical (unpaired) electrons. The Labute approximate surface area is 90.2 Å². The summed E-state index contributed by atoms with van der Waals surface area (Å²) in [6.45, 7) is 0. The summed E-state index contributed by atoms with van der Waals surface area (Å²) >= 11 is 0. The molecule has 1 atom stereocenters. The van der Waals surface area contributed by atoms with E-state index in [2.05, 4.69) is 3.74 Å². The van der Waals surface area contributed by atoms with Crippen LogP contribution in [-0.4, -0.2) is 5.37 Å².